The summed E-state index contributed by atoms with van der Waals surface area (Å²) in [5.74, 6) is -0.0288. The van der Waals surface area contributed by atoms with Gasteiger partial charge in [-0.2, -0.15) is 0 Å². The summed E-state index contributed by atoms with van der Waals surface area (Å²) in [4.78, 5) is 31.3. The van der Waals surface area contributed by atoms with E-state index >= 15 is 0 Å². The van der Waals surface area contributed by atoms with Crippen LogP contribution in [0.5, 0.6) is 0 Å². The van der Waals surface area contributed by atoms with Crippen molar-refractivity contribution in [3.63, 3.8) is 0 Å². The van der Waals surface area contributed by atoms with Crippen LogP contribution in [0.15, 0.2) is 35.8 Å². The number of hydrogen-bond donors (Lipinski definition) is 1. The van der Waals surface area contributed by atoms with Crippen molar-refractivity contribution in [1.29, 1.82) is 0 Å². The van der Waals surface area contributed by atoms with Crippen LogP contribution < -0.4 is 5.32 Å². The molecule has 28 heavy (non-hydrogen) atoms. The van der Waals surface area contributed by atoms with Gasteiger partial charge in [-0.25, -0.2) is 4.98 Å². The highest BCUT2D eigenvalue weighted by molar-refractivity contribution is 7.13. The lowest BCUT2D eigenvalue weighted by Crippen LogP contribution is -2.42. The van der Waals surface area contributed by atoms with E-state index in [2.05, 4.69) is 10.3 Å². The van der Waals surface area contributed by atoms with E-state index in [1.807, 2.05) is 52.2 Å². The third kappa shape index (κ3) is 4.05. The molecule has 0 unspecified atom stereocenters. The Morgan fingerprint density at radius 2 is 2.07 bits per heavy atom. The predicted molar refractivity (Wildman–Crippen MR) is 112 cm³/mol. The third-order valence-corrected chi connectivity index (χ3v) is 6.22. The Bertz CT molecular complexity index is 1020. The number of piperidine rings is 1. The van der Waals surface area contributed by atoms with E-state index in [4.69, 9.17) is 11.6 Å². The molecule has 2 aromatic heterocycles. The fraction of sp³-hybridized carbons (Fsp3) is 0.350. The van der Waals surface area contributed by atoms with Crippen molar-refractivity contribution in [3.05, 3.63) is 46.6 Å². The summed E-state index contributed by atoms with van der Waals surface area (Å²) in [6.07, 6.45) is 3.25. The molecule has 0 saturated carbocycles. The Hall–Kier alpha value is -2.38. The zero-order valence-corrected chi connectivity index (χ0v) is 17.1. The summed E-state index contributed by atoms with van der Waals surface area (Å²) in [5.41, 5.74) is 1.85. The van der Waals surface area contributed by atoms with Gasteiger partial charge in [0.2, 0.25) is 11.8 Å². The first kappa shape index (κ1) is 19.0. The average molecular weight is 417 g/mol. The number of aryl methyl sites for hydroxylation is 1. The first-order valence-corrected chi connectivity index (χ1v) is 10.5. The van der Waals surface area contributed by atoms with Crippen LogP contribution in [0.4, 0.5) is 5.13 Å². The van der Waals surface area contributed by atoms with E-state index in [1.54, 1.807) is 0 Å². The van der Waals surface area contributed by atoms with E-state index in [9.17, 15) is 9.59 Å². The van der Waals surface area contributed by atoms with Crippen molar-refractivity contribution in [2.24, 2.45) is 5.92 Å². The molecule has 1 fully saturated rings. The lowest BCUT2D eigenvalue weighted by molar-refractivity contribution is -0.135. The maximum Gasteiger partial charge on any atom is 0.242 e. The molecule has 0 radical (unpaired) electrons. The number of thiazole rings is 1. The number of nitrogens with one attached hydrogen (secondary N) is 1. The molecule has 1 N–H and O–H groups in total. The van der Waals surface area contributed by atoms with Crippen molar-refractivity contribution >= 4 is 50.8 Å². The molecule has 1 aromatic carbocycles. The number of aromatic nitrogens is 2. The van der Waals surface area contributed by atoms with Gasteiger partial charge < -0.3 is 14.8 Å². The van der Waals surface area contributed by atoms with Gasteiger partial charge in [-0.15, -0.1) is 11.3 Å². The number of carbonyl (C=O) groups is 2. The summed E-state index contributed by atoms with van der Waals surface area (Å²) in [6.45, 7) is 3.36. The minimum atomic E-state index is -0.0838. The summed E-state index contributed by atoms with van der Waals surface area (Å²) < 4.78 is 1.92. The van der Waals surface area contributed by atoms with Crippen LogP contribution in [0.1, 0.15) is 18.5 Å². The molecule has 0 bridgehead atoms. The van der Waals surface area contributed by atoms with Crippen LogP contribution in [-0.2, 0) is 16.1 Å². The van der Waals surface area contributed by atoms with E-state index in [0.717, 1.165) is 16.6 Å². The topological polar surface area (TPSA) is 67.2 Å². The van der Waals surface area contributed by atoms with Crippen LogP contribution in [0.2, 0.25) is 5.02 Å². The van der Waals surface area contributed by atoms with Gasteiger partial charge in [0.15, 0.2) is 5.13 Å². The first-order valence-electron chi connectivity index (χ1n) is 9.25. The van der Waals surface area contributed by atoms with E-state index in [-0.39, 0.29) is 24.3 Å². The number of nitrogens with zero attached hydrogens (tertiary/aromatic N) is 3. The molecule has 1 aliphatic heterocycles. The number of amides is 2. The normalized spacial score (nSPS) is 15.1. The van der Waals surface area contributed by atoms with Gasteiger partial charge in [0.25, 0.3) is 0 Å². The smallest absolute Gasteiger partial charge is 0.242 e. The number of likely N-dealkylation sites (tertiary alicyclic amines) is 1. The van der Waals surface area contributed by atoms with Crippen LogP contribution in [0, 0.1) is 12.8 Å². The lowest BCUT2D eigenvalue weighted by atomic mass is 9.96. The molecule has 6 nitrogen and oxygen atoms in total. The molecule has 3 heterocycles. The van der Waals surface area contributed by atoms with Gasteiger partial charge in [-0.3, -0.25) is 9.59 Å². The maximum atomic E-state index is 12.7. The molecule has 4 rings (SSSR count). The second-order valence-electron chi connectivity index (χ2n) is 7.09. The Labute approximate surface area is 172 Å². The SMILES string of the molecule is Cc1csc(NC(=O)C2CCN(C(=O)Cn3ccc4ccc(Cl)cc43)CC2)n1. The largest absolute Gasteiger partial charge is 0.341 e. The maximum absolute atomic E-state index is 12.7. The van der Waals surface area contributed by atoms with Crippen molar-refractivity contribution in [3.8, 4) is 0 Å². The van der Waals surface area contributed by atoms with Gasteiger partial charge >= 0.3 is 0 Å². The van der Waals surface area contributed by atoms with Gasteiger partial charge in [0.1, 0.15) is 6.54 Å². The molecule has 8 heteroatoms. The fourth-order valence-electron chi connectivity index (χ4n) is 3.55. The number of anilines is 1. The number of carbonyl (C=O) groups excluding carboxylic acids is 2. The van der Waals surface area contributed by atoms with Crippen LogP contribution in [0.25, 0.3) is 10.9 Å². The van der Waals surface area contributed by atoms with Gasteiger partial charge in [-0.05, 0) is 43.4 Å². The van der Waals surface area contributed by atoms with Crippen LogP contribution >= 0.6 is 22.9 Å². The molecule has 1 aliphatic rings. The molecule has 2 amide bonds. The summed E-state index contributed by atoms with van der Waals surface area (Å²) in [5, 5.41) is 7.15. The molecular formula is C20H21ClN4O2S. The highest BCUT2D eigenvalue weighted by atomic mass is 35.5. The number of benzene rings is 1. The van der Waals surface area contributed by atoms with Crippen molar-refractivity contribution < 1.29 is 9.59 Å². The molecule has 0 spiro atoms. The monoisotopic (exact) mass is 416 g/mol. The quantitative estimate of drug-likeness (QED) is 0.700. The zero-order valence-electron chi connectivity index (χ0n) is 15.5. The first-order chi connectivity index (χ1) is 13.5. The third-order valence-electron chi connectivity index (χ3n) is 5.11. The summed E-state index contributed by atoms with van der Waals surface area (Å²) in [6, 6.07) is 7.66. The lowest BCUT2D eigenvalue weighted by Gasteiger charge is -2.31. The van der Waals surface area contributed by atoms with E-state index in [0.29, 0.717) is 36.1 Å². The van der Waals surface area contributed by atoms with E-state index < -0.39 is 0 Å². The van der Waals surface area contributed by atoms with E-state index in [1.165, 1.54) is 11.3 Å². The molecule has 0 atom stereocenters. The van der Waals surface area contributed by atoms with Gasteiger partial charge in [-0.1, -0.05) is 17.7 Å². The molecule has 146 valence electrons. The second-order valence-corrected chi connectivity index (χ2v) is 8.38. The zero-order chi connectivity index (χ0) is 19.7. The van der Waals surface area contributed by atoms with Crippen LogP contribution in [0.3, 0.4) is 0 Å². The molecule has 1 saturated heterocycles. The fourth-order valence-corrected chi connectivity index (χ4v) is 4.41. The predicted octanol–water partition coefficient (Wildman–Crippen LogP) is 3.94. The Kier molecular flexibility index (Phi) is 5.37. The average Bonchev–Trinajstić information content (AvgIpc) is 3.27. The minimum Gasteiger partial charge on any atom is -0.341 e. The highest BCUT2D eigenvalue weighted by Crippen LogP contribution is 2.23. The van der Waals surface area contributed by atoms with Crippen molar-refractivity contribution in [1.82, 2.24) is 14.5 Å². The molecular weight excluding hydrogens is 396 g/mol. The van der Waals surface area contributed by atoms with Crippen LogP contribution in [-0.4, -0.2) is 39.4 Å². The van der Waals surface area contributed by atoms with Gasteiger partial charge in [0.05, 0.1) is 5.69 Å². The Morgan fingerprint density at radius 1 is 1.29 bits per heavy atom. The van der Waals surface area contributed by atoms with Crippen molar-refractivity contribution in [2.75, 3.05) is 18.4 Å². The summed E-state index contributed by atoms with van der Waals surface area (Å²) in [7, 11) is 0. The Balaban J connectivity index is 1.33. The van der Waals surface area contributed by atoms with Gasteiger partial charge in [0, 0.05) is 41.1 Å². The second kappa shape index (κ2) is 7.93. The van der Waals surface area contributed by atoms with Crippen molar-refractivity contribution in [2.45, 2.75) is 26.3 Å². The molecule has 3 aromatic rings. The number of rotatable bonds is 4. The standard InChI is InChI=1S/C20H21ClN4O2S/c1-13-12-28-20(22-13)23-19(27)15-5-7-24(8-6-15)18(26)11-25-9-4-14-2-3-16(21)10-17(14)25/h2-4,9-10,12,15H,5-8,11H2,1H3,(H,22,23,27). The highest BCUT2D eigenvalue weighted by Gasteiger charge is 2.28. The number of hydrogen-bond acceptors (Lipinski definition) is 4. The summed E-state index contributed by atoms with van der Waals surface area (Å²) >= 11 is 7.52. The Morgan fingerprint density at radius 3 is 2.79 bits per heavy atom. The minimum absolute atomic E-state index is 0.00695. The molecule has 0 aliphatic carbocycles. The number of fused-ring (bicyclic) bond motifs is 1. The number of halogens is 1.